The SMILES string of the molecule is COC(=O)c1cn(C)c2c(c(Nc3ccc(N=O)cc3F)cc(=O)n2C)c1=O. The van der Waals surface area contributed by atoms with Crippen LogP contribution in [0.25, 0.3) is 11.0 Å². The molecule has 0 saturated carbocycles. The Hall–Kier alpha value is -3.82. The molecular weight excluding hydrogens is 371 g/mol. The van der Waals surface area contributed by atoms with E-state index in [1.807, 2.05) is 0 Å². The number of methoxy groups -OCH3 is 1. The fourth-order valence-corrected chi connectivity index (χ4v) is 2.93. The Balaban J connectivity index is 2.33. The van der Waals surface area contributed by atoms with Crippen LogP contribution in [0.15, 0.2) is 45.2 Å². The molecule has 0 aliphatic rings. The van der Waals surface area contributed by atoms with E-state index in [1.165, 1.54) is 34.5 Å². The third kappa shape index (κ3) is 3.04. The number of carbonyl (C=O) groups is 1. The van der Waals surface area contributed by atoms with Gasteiger partial charge in [-0.15, -0.1) is 4.91 Å². The monoisotopic (exact) mass is 386 g/mol. The number of benzene rings is 1. The average Bonchev–Trinajstić information content (AvgIpc) is 2.68. The number of anilines is 2. The van der Waals surface area contributed by atoms with Crippen molar-refractivity contribution < 1.29 is 13.9 Å². The molecule has 0 radical (unpaired) electrons. The van der Waals surface area contributed by atoms with E-state index < -0.39 is 22.8 Å². The molecule has 2 aromatic heterocycles. The highest BCUT2D eigenvalue weighted by Gasteiger charge is 2.20. The van der Waals surface area contributed by atoms with Crippen LogP contribution in [0.5, 0.6) is 0 Å². The first-order valence-corrected chi connectivity index (χ1v) is 8.00. The highest BCUT2D eigenvalue weighted by Crippen LogP contribution is 2.27. The molecule has 144 valence electrons. The predicted molar refractivity (Wildman–Crippen MR) is 101 cm³/mol. The zero-order valence-corrected chi connectivity index (χ0v) is 15.1. The van der Waals surface area contributed by atoms with Crippen LogP contribution < -0.4 is 16.3 Å². The van der Waals surface area contributed by atoms with Gasteiger partial charge >= 0.3 is 5.97 Å². The number of ether oxygens (including phenoxy) is 1. The number of carbonyl (C=O) groups excluding carboxylic acids is 1. The van der Waals surface area contributed by atoms with Gasteiger partial charge in [0.15, 0.2) is 0 Å². The molecule has 0 atom stereocenters. The molecule has 2 heterocycles. The van der Waals surface area contributed by atoms with E-state index in [-0.39, 0.29) is 33.7 Å². The lowest BCUT2D eigenvalue weighted by Crippen LogP contribution is -2.26. The van der Waals surface area contributed by atoms with Crippen LogP contribution in [-0.4, -0.2) is 22.2 Å². The normalized spacial score (nSPS) is 10.7. The van der Waals surface area contributed by atoms with Crippen molar-refractivity contribution >= 4 is 34.1 Å². The van der Waals surface area contributed by atoms with E-state index in [1.54, 1.807) is 7.05 Å². The van der Waals surface area contributed by atoms with Crippen molar-refractivity contribution in [2.45, 2.75) is 0 Å². The van der Waals surface area contributed by atoms with Crippen LogP contribution in [0.1, 0.15) is 10.4 Å². The molecule has 0 unspecified atom stereocenters. The van der Waals surface area contributed by atoms with Crippen molar-refractivity contribution in [2.24, 2.45) is 19.3 Å². The third-order valence-electron chi connectivity index (χ3n) is 4.27. The molecule has 3 aromatic rings. The summed E-state index contributed by atoms with van der Waals surface area (Å²) in [5.74, 6) is -1.64. The molecule has 0 amide bonds. The topological polar surface area (TPSA) is 112 Å². The highest BCUT2D eigenvalue weighted by atomic mass is 19.1. The quantitative estimate of drug-likeness (QED) is 0.544. The number of fused-ring (bicyclic) bond motifs is 1. The Labute approximate surface area is 156 Å². The largest absolute Gasteiger partial charge is 0.465 e. The molecule has 0 fully saturated rings. The molecule has 0 aliphatic heterocycles. The fraction of sp³-hybridized carbons (Fsp3) is 0.167. The maximum absolute atomic E-state index is 14.2. The zero-order valence-electron chi connectivity index (χ0n) is 15.1. The number of hydrogen-bond donors (Lipinski definition) is 1. The number of nitrogens with one attached hydrogen (secondary N) is 1. The number of hydrogen-bond acceptors (Lipinski definition) is 7. The first-order valence-electron chi connectivity index (χ1n) is 8.00. The summed E-state index contributed by atoms with van der Waals surface area (Å²) < 4.78 is 21.5. The number of esters is 1. The van der Waals surface area contributed by atoms with Crippen LogP contribution in [-0.2, 0) is 18.8 Å². The van der Waals surface area contributed by atoms with Crippen LogP contribution in [0.2, 0.25) is 0 Å². The van der Waals surface area contributed by atoms with Gasteiger partial charge in [-0.2, -0.15) is 0 Å². The summed E-state index contributed by atoms with van der Waals surface area (Å²) in [7, 11) is 4.17. The molecule has 9 nitrogen and oxygen atoms in total. The maximum Gasteiger partial charge on any atom is 0.343 e. The Morgan fingerprint density at radius 2 is 1.89 bits per heavy atom. The van der Waals surface area contributed by atoms with Gasteiger partial charge in [-0.05, 0) is 17.3 Å². The van der Waals surface area contributed by atoms with E-state index in [9.17, 15) is 23.7 Å². The first kappa shape index (κ1) is 19.0. The van der Waals surface area contributed by atoms with E-state index in [0.717, 1.165) is 19.2 Å². The number of nitroso groups, excluding NO2 is 1. The van der Waals surface area contributed by atoms with Crippen molar-refractivity contribution in [3.8, 4) is 0 Å². The van der Waals surface area contributed by atoms with Gasteiger partial charge in [0.25, 0.3) is 5.56 Å². The van der Waals surface area contributed by atoms with E-state index in [0.29, 0.717) is 0 Å². The summed E-state index contributed by atoms with van der Waals surface area (Å²) in [5, 5.41) is 5.34. The predicted octanol–water partition coefficient (Wildman–Crippen LogP) is 2.30. The minimum absolute atomic E-state index is 0.00416. The number of aryl methyl sites for hydroxylation is 2. The average molecular weight is 386 g/mol. The number of pyridine rings is 2. The minimum atomic E-state index is -0.838. The Morgan fingerprint density at radius 1 is 1.18 bits per heavy atom. The zero-order chi connectivity index (χ0) is 20.6. The third-order valence-corrected chi connectivity index (χ3v) is 4.27. The lowest BCUT2D eigenvalue weighted by molar-refractivity contribution is 0.0598. The number of nitrogens with zero attached hydrogens (tertiary/aromatic N) is 3. The minimum Gasteiger partial charge on any atom is -0.465 e. The molecule has 10 heteroatoms. The second-order valence-corrected chi connectivity index (χ2v) is 6.01. The number of aromatic nitrogens is 2. The smallest absolute Gasteiger partial charge is 0.343 e. The van der Waals surface area contributed by atoms with Gasteiger partial charge in [0.1, 0.15) is 22.7 Å². The van der Waals surface area contributed by atoms with Crippen molar-refractivity contribution in [3.05, 3.63) is 67.3 Å². The maximum atomic E-state index is 14.2. The molecule has 0 bridgehead atoms. The number of rotatable bonds is 4. The van der Waals surface area contributed by atoms with E-state index >= 15 is 0 Å². The van der Waals surface area contributed by atoms with Gasteiger partial charge in [0, 0.05) is 32.4 Å². The summed E-state index contributed by atoms with van der Waals surface area (Å²) in [6.07, 6.45) is 1.27. The molecule has 28 heavy (non-hydrogen) atoms. The van der Waals surface area contributed by atoms with Gasteiger partial charge < -0.3 is 14.6 Å². The summed E-state index contributed by atoms with van der Waals surface area (Å²) >= 11 is 0. The highest BCUT2D eigenvalue weighted by molar-refractivity contribution is 5.98. The van der Waals surface area contributed by atoms with Gasteiger partial charge in [-0.1, -0.05) is 0 Å². The van der Waals surface area contributed by atoms with Crippen molar-refractivity contribution in [3.63, 3.8) is 0 Å². The van der Waals surface area contributed by atoms with Gasteiger partial charge in [-0.25, -0.2) is 9.18 Å². The lowest BCUT2D eigenvalue weighted by atomic mass is 10.1. The fourth-order valence-electron chi connectivity index (χ4n) is 2.93. The lowest BCUT2D eigenvalue weighted by Gasteiger charge is -2.16. The van der Waals surface area contributed by atoms with E-state index in [2.05, 4.69) is 15.2 Å². The molecule has 0 spiro atoms. The van der Waals surface area contributed by atoms with Gasteiger partial charge in [0.05, 0.1) is 23.9 Å². The Kier molecular flexibility index (Phi) is 4.78. The summed E-state index contributed by atoms with van der Waals surface area (Å²) in [4.78, 5) is 47.7. The standard InChI is InChI=1S/C18H15FN4O5/c1-22-8-10(18(26)28-3)16(25)15-13(7-14(24)23(2)17(15)22)20-12-5-4-9(21-27)6-11(12)19/h4-8,20H,1-3H3. The summed E-state index contributed by atoms with van der Waals surface area (Å²) in [5.41, 5.74) is -1.32. The van der Waals surface area contributed by atoms with Crippen LogP contribution in [0.4, 0.5) is 21.5 Å². The summed E-state index contributed by atoms with van der Waals surface area (Å²) in [6, 6.07) is 4.57. The van der Waals surface area contributed by atoms with Gasteiger partial charge in [-0.3, -0.25) is 14.2 Å². The van der Waals surface area contributed by atoms with Crippen molar-refractivity contribution in [2.75, 3.05) is 12.4 Å². The molecule has 0 saturated heterocycles. The van der Waals surface area contributed by atoms with Crippen LogP contribution >= 0.6 is 0 Å². The molecule has 3 rings (SSSR count). The molecule has 1 aromatic carbocycles. The molecular formula is C18H15FN4O5. The Bertz CT molecular complexity index is 1250. The molecule has 1 N–H and O–H groups in total. The van der Waals surface area contributed by atoms with Crippen molar-refractivity contribution in [1.29, 1.82) is 0 Å². The summed E-state index contributed by atoms with van der Waals surface area (Å²) in [6.45, 7) is 0. The van der Waals surface area contributed by atoms with Gasteiger partial charge in [0.2, 0.25) is 5.43 Å². The van der Waals surface area contributed by atoms with Crippen LogP contribution in [0.3, 0.4) is 0 Å². The van der Waals surface area contributed by atoms with Crippen LogP contribution in [0, 0.1) is 10.7 Å². The Morgan fingerprint density at radius 3 is 2.50 bits per heavy atom. The van der Waals surface area contributed by atoms with E-state index in [4.69, 9.17) is 0 Å². The first-order chi connectivity index (χ1) is 13.3. The second-order valence-electron chi connectivity index (χ2n) is 6.01. The number of halogens is 1. The second kappa shape index (κ2) is 7.06. The van der Waals surface area contributed by atoms with Crippen molar-refractivity contribution in [1.82, 2.24) is 9.13 Å². The molecule has 0 aliphatic carbocycles.